The van der Waals surface area contributed by atoms with Gasteiger partial charge in [0.05, 0.1) is 0 Å². The second-order valence-corrected chi connectivity index (χ2v) is 1.00. The monoisotopic (exact) mass is 252 g/mol. The van der Waals surface area contributed by atoms with Crippen molar-refractivity contribution in [2.24, 2.45) is 0 Å². The van der Waals surface area contributed by atoms with Gasteiger partial charge in [0.15, 0.2) is 0 Å². The van der Waals surface area contributed by atoms with E-state index in [-0.39, 0.29) is 69.9 Å². The van der Waals surface area contributed by atoms with E-state index < -0.39 is 0 Å². The molecule has 0 atom stereocenters. The zero-order chi connectivity index (χ0) is 3.54. The largest absolute Gasteiger partial charge is 0.273 e. The van der Waals surface area contributed by atoms with Crippen molar-refractivity contribution in [3.8, 4) is 0 Å². The van der Waals surface area contributed by atoms with Crippen LogP contribution < -0.4 is 0 Å². The van der Waals surface area contributed by atoms with Gasteiger partial charge in [-0.3, -0.25) is 6.08 Å². The van der Waals surface area contributed by atoms with E-state index >= 15 is 0 Å². The van der Waals surface area contributed by atoms with Gasteiger partial charge in [-0.2, -0.15) is 6.08 Å². The molecule has 1 radical (unpaired) electrons. The Kier molecular flexibility index (Phi) is 67.8. The summed E-state index contributed by atoms with van der Waals surface area (Å²) in [5.41, 5.74) is 0. The van der Waals surface area contributed by atoms with E-state index in [4.69, 9.17) is 0 Å². The van der Waals surface area contributed by atoms with Gasteiger partial charge in [-0.1, -0.05) is 0 Å². The van der Waals surface area contributed by atoms with E-state index in [2.05, 4.69) is 12.2 Å². The maximum Gasteiger partial charge on any atom is 0 e. The van der Waals surface area contributed by atoms with Crippen molar-refractivity contribution in [1.29, 1.82) is 0 Å². The van der Waals surface area contributed by atoms with E-state index in [0.29, 0.717) is 0 Å². The number of hydrogen-bond acceptors (Lipinski definition) is 0. The molecule has 0 saturated heterocycles. The van der Waals surface area contributed by atoms with E-state index in [1.165, 1.54) is 0 Å². The molecule has 1 rings (SSSR count). The van der Waals surface area contributed by atoms with E-state index in [0.717, 1.165) is 6.42 Å². The van der Waals surface area contributed by atoms with Crippen LogP contribution in [-0.2, 0) is 21.7 Å². The fourth-order valence-corrected chi connectivity index (χ4v) is 0.340. The number of halogens is 3. The predicted octanol–water partition coefficient (Wildman–Crippen LogP) is 1.38. The minimum absolute atomic E-state index is 0. The van der Waals surface area contributed by atoms with Crippen molar-refractivity contribution in [2.45, 2.75) is 6.42 Å². The normalized spacial score (nSPS) is 8.80. The summed E-state index contributed by atoms with van der Waals surface area (Å²) in [5.74, 6) is 0. The summed E-state index contributed by atoms with van der Waals surface area (Å²) < 4.78 is 0. The Bertz CT molecular complexity index is 75.0. The first-order valence-electron chi connectivity index (χ1n) is 1.72. The van der Waals surface area contributed by atoms with Gasteiger partial charge in [0.25, 0.3) is 0 Å². The Hall–Kier alpha value is 1.28. The Morgan fingerprint density at radius 3 is 1.70 bits per heavy atom. The topological polar surface area (TPSA) is 0 Å². The predicted molar refractivity (Wildman–Crippen MR) is 53.3 cm³/mol. The third-order valence-electron chi connectivity index (χ3n) is 0.586. The summed E-state index contributed by atoms with van der Waals surface area (Å²) in [7, 11) is 0. The average Bonchev–Trinajstić information content (AvgIpc) is 1.76. The molecule has 0 aromatic heterocycles. The molecule has 0 nitrogen and oxygen atoms in total. The standard InChI is InChI=1S/C5H5.3ClH.H3Si.Ti/c1-2-4-5-3-1;;;;;/h1-3H,4H2;3*1H;1H3;/q-1;;;;;. The zero-order valence-electron chi connectivity index (χ0n) is 5.66. The summed E-state index contributed by atoms with van der Waals surface area (Å²) >= 11 is 0. The van der Waals surface area contributed by atoms with Crippen LogP contribution in [0.5, 0.6) is 0 Å². The molecule has 0 aromatic rings. The quantitative estimate of drug-likeness (QED) is 0.452. The van der Waals surface area contributed by atoms with Crippen LogP contribution in [0.4, 0.5) is 0 Å². The van der Waals surface area contributed by atoms with E-state index in [1.54, 1.807) is 0 Å². The summed E-state index contributed by atoms with van der Waals surface area (Å²) in [5, 5.41) is 0. The second-order valence-electron chi connectivity index (χ2n) is 1.00. The molecule has 5 heteroatoms. The zero-order valence-corrected chi connectivity index (χ0v) is 11.7. The molecule has 1 aliphatic rings. The minimum atomic E-state index is 0. The van der Waals surface area contributed by atoms with Gasteiger partial charge in [-0.15, -0.1) is 43.6 Å². The van der Waals surface area contributed by atoms with Gasteiger partial charge in [0, 0.05) is 21.7 Å². The molecule has 0 bridgehead atoms. The Morgan fingerprint density at radius 1 is 1.10 bits per heavy atom. The van der Waals surface area contributed by atoms with Gasteiger partial charge in [0.2, 0.25) is 0 Å². The third kappa shape index (κ3) is 16.1. The first-order chi connectivity index (χ1) is 2.50. The van der Waals surface area contributed by atoms with Crippen molar-refractivity contribution >= 4 is 48.2 Å². The van der Waals surface area contributed by atoms with E-state index in [1.807, 2.05) is 12.2 Å². The van der Waals surface area contributed by atoms with Crippen molar-refractivity contribution in [3.05, 3.63) is 24.3 Å². The Labute approximate surface area is 100 Å². The van der Waals surface area contributed by atoms with Gasteiger partial charge in [-0.05, 0) is 11.0 Å². The van der Waals surface area contributed by atoms with Crippen LogP contribution >= 0.6 is 37.2 Å². The van der Waals surface area contributed by atoms with Gasteiger partial charge >= 0.3 is 0 Å². The minimum Gasteiger partial charge on any atom is -0.273 e. The molecule has 0 aromatic carbocycles. The molecule has 0 fully saturated rings. The second kappa shape index (κ2) is 22.4. The summed E-state index contributed by atoms with van der Waals surface area (Å²) in [4.78, 5) is 0. The van der Waals surface area contributed by atoms with Crippen LogP contribution in [0.1, 0.15) is 6.42 Å². The van der Waals surface area contributed by atoms with Gasteiger partial charge < -0.3 is 0 Å². The van der Waals surface area contributed by atoms with Crippen LogP contribution in [0.15, 0.2) is 18.2 Å². The first kappa shape index (κ1) is 30.2. The first-order valence-corrected chi connectivity index (χ1v) is 1.72. The third-order valence-corrected chi connectivity index (χ3v) is 0.586. The Balaban J connectivity index is -0.0000000167. The molecule has 0 unspecified atom stereocenters. The molecule has 0 heterocycles. The maximum absolute atomic E-state index is 2.99. The van der Waals surface area contributed by atoms with Gasteiger partial charge in [-0.25, -0.2) is 12.2 Å². The van der Waals surface area contributed by atoms with Crippen LogP contribution in [0.2, 0.25) is 0 Å². The molecule has 0 N–H and O–H groups in total. The van der Waals surface area contributed by atoms with Crippen molar-refractivity contribution in [1.82, 2.24) is 0 Å². The maximum atomic E-state index is 2.99. The van der Waals surface area contributed by atoms with Crippen LogP contribution in [-0.4, -0.2) is 11.0 Å². The number of hydrogen-bond donors (Lipinski definition) is 0. The number of allylic oxidation sites excluding steroid dienone is 4. The number of rotatable bonds is 0. The summed E-state index contributed by atoms with van der Waals surface area (Å²) in [6.07, 6.45) is 10.0. The molecule has 10 heavy (non-hydrogen) atoms. The summed E-state index contributed by atoms with van der Waals surface area (Å²) in [6.45, 7) is 0. The van der Waals surface area contributed by atoms with Crippen LogP contribution in [0.3, 0.4) is 0 Å². The fourth-order valence-electron chi connectivity index (χ4n) is 0.340. The summed E-state index contributed by atoms with van der Waals surface area (Å²) in [6, 6.07) is 0. The smallest absolute Gasteiger partial charge is 0 e. The van der Waals surface area contributed by atoms with Crippen molar-refractivity contribution in [3.63, 3.8) is 0 Å². The van der Waals surface area contributed by atoms with Crippen LogP contribution in [0.25, 0.3) is 0 Å². The van der Waals surface area contributed by atoms with Crippen molar-refractivity contribution in [2.75, 3.05) is 0 Å². The molecular formula is C5H11Cl3SiTi-. The molecule has 1 aliphatic carbocycles. The SMILES string of the molecule is Cl.Cl.Cl.[C-]1=CC=CC1.[SiH3].[Ti]. The van der Waals surface area contributed by atoms with Gasteiger partial charge in [0.1, 0.15) is 0 Å². The molecule has 0 amide bonds. The Morgan fingerprint density at radius 2 is 1.60 bits per heavy atom. The molecule has 0 aliphatic heterocycles. The molecule has 0 spiro atoms. The molecule has 0 saturated carbocycles. The van der Waals surface area contributed by atoms with Crippen molar-refractivity contribution < 1.29 is 21.7 Å². The molecular weight excluding hydrogens is 242 g/mol. The average molecular weight is 253 g/mol. The van der Waals surface area contributed by atoms with E-state index in [9.17, 15) is 0 Å². The fraction of sp³-hybridized carbons (Fsp3) is 0.200. The molecule has 61 valence electrons. The van der Waals surface area contributed by atoms with Crippen LogP contribution in [0, 0.1) is 6.08 Å².